The molecule has 0 aliphatic carbocycles. The van der Waals surface area contributed by atoms with E-state index in [4.69, 9.17) is 4.74 Å². The zero-order valence-electron chi connectivity index (χ0n) is 18.6. The van der Waals surface area contributed by atoms with Crippen molar-refractivity contribution in [3.05, 3.63) is 65.7 Å². The number of benzene rings is 2. The van der Waals surface area contributed by atoms with Crippen molar-refractivity contribution in [2.45, 2.75) is 46.6 Å². The lowest BCUT2D eigenvalue weighted by molar-refractivity contribution is -0.142. The Kier molecular flexibility index (Phi) is 9.39. The van der Waals surface area contributed by atoms with Gasteiger partial charge >= 0.3 is 0 Å². The van der Waals surface area contributed by atoms with Gasteiger partial charge in [-0.15, -0.1) is 0 Å². The molecule has 1 N–H and O–H groups in total. The number of hydrogen-bond acceptors (Lipinski definition) is 3. The maximum atomic E-state index is 13.1. The van der Waals surface area contributed by atoms with Crippen LogP contribution in [0.3, 0.4) is 0 Å². The number of rotatable bonds is 11. The lowest BCUT2D eigenvalue weighted by atomic mass is 10.1. The average molecular weight is 411 g/mol. The first-order valence-electron chi connectivity index (χ1n) is 10.7. The van der Waals surface area contributed by atoms with Crippen molar-refractivity contribution >= 4 is 11.8 Å². The molecule has 30 heavy (non-hydrogen) atoms. The summed E-state index contributed by atoms with van der Waals surface area (Å²) in [6, 6.07) is 17.1. The molecule has 2 aromatic rings. The lowest BCUT2D eigenvalue weighted by Crippen LogP contribution is -2.51. The monoisotopic (exact) mass is 410 g/mol. The molecule has 0 spiro atoms. The highest BCUT2D eigenvalue weighted by Crippen LogP contribution is 2.13. The number of carbonyl (C=O) groups is 2. The second-order valence-corrected chi connectivity index (χ2v) is 7.99. The summed E-state index contributed by atoms with van der Waals surface area (Å²) < 4.78 is 5.71. The number of nitrogens with one attached hydrogen (secondary N) is 1. The van der Waals surface area contributed by atoms with E-state index in [2.05, 4.69) is 19.2 Å². The number of aryl methyl sites for hydroxylation is 1. The van der Waals surface area contributed by atoms with Crippen LogP contribution in [-0.4, -0.2) is 42.5 Å². The molecule has 5 heteroatoms. The summed E-state index contributed by atoms with van der Waals surface area (Å²) in [4.78, 5) is 27.5. The first-order chi connectivity index (χ1) is 14.4. The quantitative estimate of drug-likeness (QED) is 0.609. The summed E-state index contributed by atoms with van der Waals surface area (Å²) in [6.07, 6.45) is 1.24. The van der Waals surface area contributed by atoms with Gasteiger partial charge in [0, 0.05) is 13.1 Å². The van der Waals surface area contributed by atoms with Crippen LogP contribution in [0.5, 0.6) is 5.75 Å². The topological polar surface area (TPSA) is 58.6 Å². The molecule has 0 aromatic heterocycles. The van der Waals surface area contributed by atoms with Gasteiger partial charge in [0.15, 0.2) is 6.61 Å². The summed E-state index contributed by atoms with van der Waals surface area (Å²) in [5.41, 5.74) is 2.26. The Balaban J connectivity index is 2.09. The molecule has 0 aliphatic rings. The maximum absolute atomic E-state index is 13.1. The SMILES string of the molecule is CCC(C(=O)NCC(C)C)N(CCc1ccccc1)C(=O)COc1ccc(C)cc1. The van der Waals surface area contributed by atoms with Crippen LogP contribution in [0.2, 0.25) is 0 Å². The third kappa shape index (κ3) is 7.54. The average Bonchev–Trinajstić information content (AvgIpc) is 2.75. The van der Waals surface area contributed by atoms with E-state index in [1.165, 1.54) is 0 Å². The second kappa shape index (κ2) is 12.0. The maximum Gasteiger partial charge on any atom is 0.261 e. The molecule has 0 bridgehead atoms. The summed E-state index contributed by atoms with van der Waals surface area (Å²) in [7, 11) is 0. The van der Waals surface area contributed by atoms with E-state index in [0.717, 1.165) is 11.1 Å². The van der Waals surface area contributed by atoms with E-state index in [1.807, 2.05) is 68.4 Å². The molecule has 2 aromatic carbocycles. The standard InChI is InChI=1S/C25H34N2O3/c1-5-23(25(29)26-17-19(2)3)27(16-15-21-9-7-6-8-10-21)24(28)18-30-22-13-11-20(4)12-14-22/h6-14,19,23H,5,15-18H2,1-4H3,(H,26,29). The van der Waals surface area contributed by atoms with Crippen molar-refractivity contribution in [3.63, 3.8) is 0 Å². The number of carbonyl (C=O) groups excluding carboxylic acids is 2. The van der Waals surface area contributed by atoms with Gasteiger partial charge in [0.05, 0.1) is 0 Å². The fraction of sp³-hybridized carbons (Fsp3) is 0.440. The minimum atomic E-state index is -0.512. The van der Waals surface area contributed by atoms with Gasteiger partial charge in [-0.3, -0.25) is 9.59 Å². The van der Waals surface area contributed by atoms with Gasteiger partial charge in [0.25, 0.3) is 5.91 Å². The Hall–Kier alpha value is -2.82. The second-order valence-electron chi connectivity index (χ2n) is 7.99. The Morgan fingerprint density at radius 2 is 1.70 bits per heavy atom. The van der Waals surface area contributed by atoms with E-state index < -0.39 is 6.04 Å². The molecule has 0 saturated heterocycles. The fourth-order valence-corrected chi connectivity index (χ4v) is 3.18. The Bertz CT molecular complexity index is 788. The molecule has 2 amide bonds. The molecule has 1 atom stereocenters. The Labute approximate surface area is 180 Å². The van der Waals surface area contributed by atoms with Crippen molar-refractivity contribution in [1.29, 1.82) is 0 Å². The summed E-state index contributed by atoms with van der Waals surface area (Å²) in [6.45, 7) is 9.00. The molecule has 162 valence electrons. The van der Waals surface area contributed by atoms with Crippen LogP contribution in [0.25, 0.3) is 0 Å². The molecule has 0 fully saturated rings. The van der Waals surface area contributed by atoms with Gasteiger partial charge in [-0.05, 0) is 43.4 Å². The molecule has 5 nitrogen and oxygen atoms in total. The number of nitrogens with zero attached hydrogens (tertiary/aromatic N) is 1. The molecular formula is C25H34N2O3. The van der Waals surface area contributed by atoms with Gasteiger partial charge in [0.1, 0.15) is 11.8 Å². The molecule has 0 heterocycles. The van der Waals surface area contributed by atoms with Crippen molar-refractivity contribution in [1.82, 2.24) is 10.2 Å². The van der Waals surface area contributed by atoms with Crippen LogP contribution in [0, 0.1) is 12.8 Å². The number of amides is 2. The van der Waals surface area contributed by atoms with E-state index in [9.17, 15) is 9.59 Å². The van der Waals surface area contributed by atoms with Crippen LogP contribution in [0.4, 0.5) is 0 Å². The van der Waals surface area contributed by atoms with Crippen molar-refractivity contribution in [2.75, 3.05) is 19.7 Å². The zero-order chi connectivity index (χ0) is 21.9. The largest absolute Gasteiger partial charge is 0.484 e. The molecule has 0 aliphatic heterocycles. The Morgan fingerprint density at radius 1 is 1.03 bits per heavy atom. The first kappa shape index (κ1) is 23.5. The van der Waals surface area contributed by atoms with Crippen LogP contribution in [0.1, 0.15) is 38.3 Å². The van der Waals surface area contributed by atoms with E-state index in [-0.39, 0.29) is 18.4 Å². The highest BCUT2D eigenvalue weighted by atomic mass is 16.5. The summed E-state index contributed by atoms with van der Waals surface area (Å²) >= 11 is 0. The summed E-state index contributed by atoms with van der Waals surface area (Å²) in [5.74, 6) is 0.708. The highest BCUT2D eigenvalue weighted by molar-refractivity contribution is 5.88. The van der Waals surface area contributed by atoms with Gasteiger partial charge < -0.3 is 15.0 Å². The van der Waals surface area contributed by atoms with Crippen molar-refractivity contribution < 1.29 is 14.3 Å². The first-order valence-corrected chi connectivity index (χ1v) is 10.7. The summed E-state index contributed by atoms with van der Waals surface area (Å²) in [5, 5.41) is 2.97. The van der Waals surface area contributed by atoms with E-state index in [1.54, 1.807) is 4.90 Å². The van der Waals surface area contributed by atoms with E-state index in [0.29, 0.717) is 37.6 Å². The minimum Gasteiger partial charge on any atom is -0.484 e. The van der Waals surface area contributed by atoms with Gasteiger partial charge in [-0.2, -0.15) is 0 Å². The van der Waals surface area contributed by atoms with Crippen LogP contribution >= 0.6 is 0 Å². The highest BCUT2D eigenvalue weighted by Gasteiger charge is 2.28. The van der Waals surface area contributed by atoms with Crippen LogP contribution < -0.4 is 10.1 Å². The van der Waals surface area contributed by atoms with Crippen LogP contribution in [-0.2, 0) is 16.0 Å². The minimum absolute atomic E-state index is 0.0915. The molecule has 2 rings (SSSR count). The molecule has 0 saturated carbocycles. The smallest absolute Gasteiger partial charge is 0.261 e. The molecule has 0 radical (unpaired) electrons. The third-order valence-electron chi connectivity index (χ3n) is 4.94. The van der Waals surface area contributed by atoms with Gasteiger partial charge in [-0.25, -0.2) is 0 Å². The lowest BCUT2D eigenvalue weighted by Gasteiger charge is -2.30. The Morgan fingerprint density at radius 3 is 2.30 bits per heavy atom. The van der Waals surface area contributed by atoms with E-state index >= 15 is 0 Å². The third-order valence-corrected chi connectivity index (χ3v) is 4.94. The number of hydrogen-bond donors (Lipinski definition) is 1. The van der Waals surface area contributed by atoms with Gasteiger partial charge in [-0.1, -0.05) is 68.8 Å². The van der Waals surface area contributed by atoms with Crippen molar-refractivity contribution in [2.24, 2.45) is 5.92 Å². The van der Waals surface area contributed by atoms with Crippen LogP contribution in [0.15, 0.2) is 54.6 Å². The normalized spacial score (nSPS) is 11.8. The van der Waals surface area contributed by atoms with Gasteiger partial charge in [0.2, 0.25) is 5.91 Å². The van der Waals surface area contributed by atoms with Crippen molar-refractivity contribution in [3.8, 4) is 5.75 Å². The fourth-order valence-electron chi connectivity index (χ4n) is 3.18. The predicted octanol–water partition coefficient (Wildman–Crippen LogP) is 4.00. The molecule has 1 unspecified atom stereocenters. The number of ether oxygens (including phenoxy) is 1. The zero-order valence-corrected chi connectivity index (χ0v) is 18.6. The molecular weight excluding hydrogens is 376 g/mol. The predicted molar refractivity (Wildman–Crippen MR) is 120 cm³/mol.